The molecule has 0 saturated heterocycles. The average Bonchev–Trinajstić information content (AvgIpc) is 2.16. The molecule has 0 aliphatic heterocycles. The van der Waals surface area contributed by atoms with E-state index in [1.54, 1.807) is 12.1 Å². The number of carboxylic acids is 1. The van der Waals surface area contributed by atoms with Crippen molar-refractivity contribution in [1.82, 2.24) is 5.32 Å². The number of hydrogen-bond acceptors (Lipinski definition) is 2. The number of nitrogens with one attached hydrogen (secondary N) is 1. The van der Waals surface area contributed by atoms with E-state index in [1.165, 1.54) is 12.1 Å². The number of aromatic carboxylic acids is 1. The molecule has 4 heteroatoms. The second-order valence-corrected chi connectivity index (χ2v) is 2.36. The van der Waals surface area contributed by atoms with E-state index in [0.717, 1.165) is 0 Å². The van der Waals surface area contributed by atoms with Crippen molar-refractivity contribution < 1.29 is 14.7 Å². The molecule has 0 unspecified atom stereocenters. The van der Waals surface area contributed by atoms with Crippen LogP contribution in [0.2, 0.25) is 0 Å². The van der Waals surface area contributed by atoms with Gasteiger partial charge in [0.1, 0.15) is 0 Å². The molecule has 0 bridgehead atoms. The zero-order valence-electron chi connectivity index (χ0n) is 6.78. The molecule has 1 aromatic carbocycles. The van der Waals surface area contributed by atoms with Crippen LogP contribution in [0.5, 0.6) is 0 Å². The van der Waals surface area contributed by atoms with E-state index in [2.05, 4.69) is 12.4 Å². The van der Waals surface area contributed by atoms with Crippen LogP contribution in [-0.4, -0.2) is 17.0 Å². The van der Waals surface area contributed by atoms with Crippen LogP contribution < -0.4 is 5.32 Å². The molecule has 0 fully saturated rings. The molecule has 2 N–H and O–H groups in total. The number of carboxylic acid groups (broad SMARTS) is 1. The van der Waals surface area contributed by atoms with Crippen molar-refractivity contribution in [3.63, 3.8) is 0 Å². The second-order valence-electron chi connectivity index (χ2n) is 2.36. The summed E-state index contributed by atoms with van der Waals surface area (Å²) >= 11 is 0. The van der Waals surface area contributed by atoms with Gasteiger partial charge in [-0.2, -0.15) is 0 Å². The van der Waals surface area contributed by atoms with Crippen molar-refractivity contribution in [2.45, 2.75) is 0 Å². The van der Waals surface area contributed by atoms with Crippen LogP contribution in [0.15, 0.2) is 24.3 Å². The number of rotatable bonds is 2. The van der Waals surface area contributed by atoms with E-state index in [0.29, 0.717) is 0 Å². The Kier molecular flexibility index (Phi) is 2.64. The van der Waals surface area contributed by atoms with E-state index in [9.17, 15) is 9.59 Å². The van der Waals surface area contributed by atoms with E-state index in [4.69, 9.17) is 5.11 Å². The van der Waals surface area contributed by atoms with Crippen LogP contribution in [0, 0.1) is 7.05 Å². The lowest BCUT2D eigenvalue weighted by molar-refractivity contribution is 0.0691. The monoisotopic (exact) mass is 178 g/mol. The van der Waals surface area contributed by atoms with E-state index >= 15 is 0 Å². The van der Waals surface area contributed by atoms with Gasteiger partial charge in [0.05, 0.1) is 11.1 Å². The summed E-state index contributed by atoms with van der Waals surface area (Å²) in [6.07, 6.45) is 0. The highest BCUT2D eigenvalue weighted by molar-refractivity contribution is 6.04. The van der Waals surface area contributed by atoms with Crippen LogP contribution in [0.25, 0.3) is 0 Å². The lowest BCUT2D eigenvalue weighted by Crippen LogP contribution is -2.19. The van der Waals surface area contributed by atoms with Gasteiger partial charge in [-0.1, -0.05) is 12.1 Å². The van der Waals surface area contributed by atoms with Gasteiger partial charge < -0.3 is 10.4 Å². The lowest BCUT2D eigenvalue weighted by atomic mass is 10.1. The number of amides is 1. The van der Waals surface area contributed by atoms with Gasteiger partial charge in [-0.25, -0.2) is 4.79 Å². The molecule has 1 rings (SSSR count). The molecule has 0 saturated carbocycles. The summed E-state index contributed by atoms with van der Waals surface area (Å²) in [5, 5.41) is 10.8. The minimum atomic E-state index is -1.13. The molecule has 1 amide bonds. The van der Waals surface area contributed by atoms with Crippen LogP contribution >= 0.6 is 0 Å². The van der Waals surface area contributed by atoms with E-state index in [-0.39, 0.29) is 11.1 Å². The van der Waals surface area contributed by atoms with E-state index < -0.39 is 11.9 Å². The Bertz CT molecular complexity index is 346. The lowest BCUT2D eigenvalue weighted by Gasteiger charge is -2.02. The quantitative estimate of drug-likeness (QED) is 0.707. The molecule has 0 atom stereocenters. The summed E-state index contributed by atoms with van der Waals surface area (Å²) in [6, 6.07) is 5.96. The summed E-state index contributed by atoms with van der Waals surface area (Å²) in [6.45, 7) is 0. The summed E-state index contributed by atoms with van der Waals surface area (Å²) in [7, 11) is 3.17. The number of carbonyl (C=O) groups is 2. The zero-order valence-corrected chi connectivity index (χ0v) is 6.78. The second kappa shape index (κ2) is 3.71. The number of benzene rings is 1. The predicted molar refractivity (Wildman–Crippen MR) is 46.2 cm³/mol. The minimum absolute atomic E-state index is 0.0244. The Morgan fingerprint density at radius 1 is 1.23 bits per heavy atom. The molecule has 0 aromatic heterocycles. The van der Waals surface area contributed by atoms with Gasteiger partial charge in [0.2, 0.25) is 0 Å². The first-order chi connectivity index (χ1) is 6.16. The maximum atomic E-state index is 11.1. The SMILES string of the molecule is [CH2]NC(=O)c1ccccc1C(=O)O. The molecule has 67 valence electrons. The van der Waals surface area contributed by atoms with Crippen molar-refractivity contribution >= 4 is 11.9 Å². The first-order valence-electron chi connectivity index (χ1n) is 3.56. The van der Waals surface area contributed by atoms with Gasteiger partial charge in [-0.3, -0.25) is 4.79 Å². The highest BCUT2D eigenvalue weighted by Gasteiger charge is 2.13. The van der Waals surface area contributed by atoms with Crippen molar-refractivity contribution in [1.29, 1.82) is 0 Å². The fraction of sp³-hybridized carbons (Fsp3) is 0. The molecule has 1 radical (unpaired) electrons. The highest BCUT2D eigenvalue weighted by atomic mass is 16.4. The van der Waals surface area contributed by atoms with E-state index in [1.807, 2.05) is 0 Å². The summed E-state index contributed by atoms with van der Waals surface area (Å²) in [5.41, 5.74) is 0.0913. The highest BCUT2D eigenvalue weighted by Crippen LogP contribution is 2.07. The fourth-order valence-electron chi connectivity index (χ4n) is 0.963. The van der Waals surface area contributed by atoms with Crippen LogP contribution in [-0.2, 0) is 0 Å². The summed E-state index contributed by atoms with van der Waals surface area (Å²) < 4.78 is 0. The standard InChI is InChI=1S/C9H8NO3/c1-10-8(11)6-4-2-3-5-7(6)9(12)13/h2-5H,1H2,(H,10,11)(H,12,13). The maximum absolute atomic E-state index is 11.1. The van der Waals surface area contributed by atoms with Gasteiger partial charge in [0, 0.05) is 7.05 Å². The van der Waals surface area contributed by atoms with Crippen LogP contribution in [0.3, 0.4) is 0 Å². The van der Waals surface area contributed by atoms with Gasteiger partial charge in [0.25, 0.3) is 5.91 Å². The largest absolute Gasteiger partial charge is 0.478 e. The molecule has 0 spiro atoms. The maximum Gasteiger partial charge on any atom is 0.336 e. The fourth-order valence-corrected chi connectivity index (χ4v) is 0.963. The molecular weight excluding hydrogens is 170 g/mol. The molecular formula is C9H8NO3. The number of hydrogen-bond donors (Lipinski definition) is 2. The smallest absolute Gasteiger partial charge is 0.336 e. The molecule has 13 heavy (non-hydrogen) atoms. The zero-order chi connectivity index (χ0) is 9.84. The molecule has 4 nitrogen and oxygen atoms in total. The molecule has 0 aliphatic carbocycles. The predicted octanol–water partition coefficient (Wildman–Crippen LogP) is 0.906. The summed E-state index contributed by atoms with van der Waals surface area (Å²) in [4.78, 5) is 21.7. The third kappa shape index (κ3) is 1.84. The number of carbonyl (C=O) groups excluding carboxylic acids is 1. The third-order valence-corrected chi connectivity index (χ3v) is 1.56. The first-order valence-corrected chi connectivity index (χ1v) is 3.56. The van der Waals surface area contributed by atoms with Crippen molar-refractivity contribution in [3.05, 3.63) is 42.4 Å². The molecule has 1 aromatic rings. The first kappa shape index (κ1) is 9.25. The van der Waals surface area contributed by atoms with Crippen LogP contribution in [0.1, 0.15) is 20.7 Å². The van der Waals surface area contributed by atoms with Gasteiger partial charge in [-0.05, 0) is 12.1 Å². The third-order valence-electron chi connectivity index (χ3n) is 1.56. The van der Waals surface area contributed by atoms with Crippen LogP contribution in [0.4, 0.5) is 0 Å². The Hall–Kier alpha value is -1.84. The molecule has 0 heterocycles. The normalized spacial score (nSPS) is 9.31. The topological polar surface area (TPSA) is 66.4 Å². The molecule has 0 aliphatic rings. The van der Waals surface area contributed by atoms with Crippen molar-refractivity contribution in [3.8, 4) is 0 Å². The van der Waals surface area contributed by atoms with Crippen molar-refractivity contribution in [2.24, 2.45) is 0 Å². The summed E-state index contributed by atoms with van der Waals surface area (Å²) in [5.74, 6) is -1.63. The Morgan fingerprint density at radius 3 is 2.23 bits per heavy atom. The van der Waals surface area contributed by atoms with Crippen molar-refractivity contribution in [2.75, 3.05) is 0 Å². The Morgan fingerprint density at radius 2 is 1.77 bits per heavy atom. The minimum Gasteiger partial charge on any atom is -0.478 e. The van der Waals surface area contributed by atoms with Gasteiger partial charge >= 0.3 is 5.97 Å². The van der Waals surface area contributed by atoms with Gasteiger partial charge in [0.15, 0.2) is 0 Å². The Balaban J connectivity index is 3.19. The Labute approximate surface area is 75.2 Å². The average molecular weight is 178 g/mol. The van der Waals surface area contributed by atoms with Gasteiger partial charge in [-0.15, -0.1) is 0 Å².